The molecule has 0 bridgehead atoms. The number of fused-ring (bicyclic) bond motifs is 1. The van der Waals surface area contributed by atoms with Gasteiger partial charge in [-0.15, -0.1) is 5.10 Å². The Hall–Kier alpha value is -1.90. The van der Waals surface area contributed by atoms with Gasteiger partial charge in [0.15, 0.2) is 18.2 Å². The van der Waals surface area contributed by atoms with Crippen molar-refractivity contribution in [3.63, 3.8) is 0 Å². The van der Waals surface area contributed by atoms with Crippen molar-refractivity contribution in [1.29, 1.82) is 0 Å². The second-order valence-corrected chi connectivity index (χ2v) is 6.81. The molecule has 0 amide bonds. The maximum Gasteiger partial charge on any atom is 0.292 e. The highest BCUT2D eigenvalue weighted by Crippen LogP contribution is 2.35. The summed E-state index contributed by atoms with van der Waals surface area (Å²) in [5, 5.41) is 4.57. The first-order chi connectivity index (χ1) is 11.7. The average Bonchev–Trinajstić information content (AvgIpc) is 3.12. The van der Waals surface area contributed by atoms with E-state index in [4.69, 9.17) is 26.1 Å². The van der Waals surface area contributed by atoms with Crippen molar-refractivity contribution in [3.8, 4) is 23.0 Å². The zero-order valence-electron chi connectivity index (χ0n) is 13.7. The van der Waals surface area contributed by atoms with Crippen LogP contribution < -0.4 is 19.3 Å². The van der Waals surface area contributed by atoms with E-state index in [9.17, 15) is 0 Å². The van der Waals surface area contributed by atoms with Crippen LogP contribution in [0.15, 0.2) is 22.6 Å². The van der Waals surface area contributed by atoms with Gasteiger partial charge in [0.1, 0.15) is 13.1 Å². The monoisotopic (exact) mass is 350 g/mol. The fourth-order valence-electron chi connectivity index (χ4n) is 3.20. The van der Waals surface area contributed by atoms with Gasteiger partial charge in [0.25, 0.3) is 4.84 Å². The van der Waals surface area contributed by atoms with Gasteiger partial charge in [-0.1, -0.05) is 0 Å². The summed E-state index contributed by atoms with van der Waals surface area (Å²) < 4.78 is 18.3. The SMILES string of the molecule is C[NH+]1CCC[NH+](Cn2nc(-c3ccc4c(c3)OCO4)oc2=S)CC1. The topological polar surface area (TPSA) is 58.3 Å². The molecule has 4 rings (SSSR count). The Morgan fingerprint density at radius 1 is 1.17 bits per heavy atom. The first kappa shape index (κ1) is 15.6. The van der Waals surface area contributed by atoms with Gasteiger partial charge in [0, 0.05) is 12.0 Å². The minimum atomic E-state index is 0.255. The summed E-state index contributed by atoms with van der Waals surface area (Å²) in [6.07, 6.45) is 1.22. The van der Waals surface area contributed by atoms with Crippen LogP contribution in [0, 0.1) is 4.84 Å². The van der Waals surface area contributed by atoms with Crippen molar-refractivity contribution < 1.29 is 23.7 Å². The molecule has 0 saturated carbocycles. The molecule has 3 heterocycles. The molecule has 2 aromatic rings. The number of nitrogens with one attached hydrogen (secondary N) is 2. The predicted octanol–water partition coefficient (Wildman–Crippen LogP) is -0.638. The zero-order chi connectivity index (χ0) is 16.5. The first-order valence-corrected chi connectivity index (χ1v) is 8.73. The van der Waals surface area contributed by atoms with Crippen LogP contribution in [-0.4, -0.2) is 49.8 Å². The lowest BCUT2D eigenvalue weighted by Crippen LogP contribution is -3.16. The van der Waals surface area contributed by atoms with Crippen LogP contribution in [0.25, 0.3) is 11.5 Å². The van der Waals surface area contributed by atoms with E-state index in [0.29, 0.717) is 16.5 Å². The van der Waals surface area contributed by atoms with Gasteiger partial charge in [0.2, 0.25) is 12.7 Å². The lowest BCUT2D eigenvalue weighted by Gasteiger charge is -2.15. The molecule has 1 fully saturated rings. The molecule has 1 saturated heterocycles. The number of quaternary nitrogens is 2. The van der Waals surface area contributed by atoms with E-state index < -0.39 is 0 Å². The average molecular weight is 350 g/mol. The minimum absolute atomic E-state index is 0.255. The summed E-state index contributed by atoms with van der Waals surface area (Å²) in [6.45, 7) is 5.68. The standard InChI is InChI=1S/C16H20N4O3S/c1-18-5-2-6-19(8-7-18)10-20-16(24)23-15(17-20)12-3-4-13-14(9-12)22-11-21-13/h3-4,9H,2,5-8,10-11H2,1H3/p+2. The second-order valence-electron chi connectivity index (χ2n) is 6.46. The van der Waals surface area contributed by atoms with E-state index in [1.54, 1.807) is 9.58 Å². The Balaban J connectivity index is 1.53. The van der Waals surface area contributed by atoms with E-state index in [1.807, 2.05) is 18.2 Å². The van der Waals surface area contributed by atoms with Crippen LogP contribution in [0.3, 0.4) is 0 Å². The molecule has 8 heteroatoms. The van der Waals surface area contributed by atoms with E-state index in [0.717, 1.165) is 31.1 Å². The molecule has 2 unspecified atom stereocenters. The van der Waals surface area contributed by atoms with Gasteiger partial charge in [0.05, 0.1) is 20.1 Å². The Morgan fingerprint density at radius 3 is 2.96 bits per heavy atom. The summed E-state index contributed by atoms with van der Waals surface area (Å²) in [5.74, 6) is 1.99. The Morgan fingerprint density at radius 2 is 2.04 bits per heavy atom. The molecule has 0 aliphatic carbocycles. The number of nitrogens with zero attached hydrogens (tertiary/aromatic N) is 2. The minimum Gasteiger partial charge on any atom is -0.454 e. The molecule has 24 heavy (non-hydrogen) atoms. The van der Waals surface area contributed by atoms with Gasteiger partial charge >= 0.3 is 0 Å². The van der Waals surface area contributed by atoms with Crippen LogP contribution in [-0.2, 0) is 6.67 Å². The number of benzene rings is 1. The molecular weight excluding hydrogens is 328 g/mol. The highest BCUT2D eigenvalue weighted by Gasteiger charge is 2.20. The van der Waals surface area contributed by atoms with E-state index in [1.165, 1.54) is 24.4 Å². The summed E-state index contributed by atoms with van der Waals surface area (Å²) in [5.41, 5.74) is 0.846. The maximum atomic E-state index is 5.71. The molecule has 0 radical (unpaired) electrons. The molecule has 7 nitrogen and oxygen atoms in total. The van der Waals surface area contributed by atoms with Crippen molar-refractivity contribution >= 4 is 12.2 Å². The third-order valence-electron chi connectivity index (χ3n) is 4.64. The Labute approximate surface area is 145 Å². The fraction of sp³-hybridized carbons (Fsp3) is 0.500. The molecule has 2 aliphatic rings. The fourth-order valence-corrected chi connectivity index (χ4v) is 3.39. The molecule has 2 N–H and O–H groups in total. The van der Waals surface area contributed by atoms with Crippen molar-refractivity contribution in [3.05, 3.63) is 23.0 Å². The van der Waals surface area contributed by atoms with Gasteiger partial charge in [-0.05, 0) is 30.4 Å². The van der Waals surface area contributed by atoms with Crippen LogP contribution in [0.1, 0.15) is 6.42 Å². The normalized spacial score (nSPS) is 23.2. The van der Waals surface area contributed by atoms with Crippen LogP contribution >= 0.6 is 12.2 Å². The molecule has 2 aliphatic heterocycles. The lowest BCUT2D eigenvalue weighted by atomic mass is 10.2. The molecule has 128 valence electrons. The van der Waals surface area contributed by atoms with Crippen LogP contribution in [0.4, 0.5) is 0 Å². The quantitative estimate of drug-likeness (QED) is 0.722. The predicted molar refractivity (Wildman–Crippen MR) is 88.8 cm³/mol. The van der Waals surface area contributed by atoms with Crippen LogP contribution in [0.2, 0.25) is 0 Å². The second kappa shape index (κ2) is 6.54. The van der Waals surface area contributed by atoms with Gasteiger partial charge < -0.3 is 23.7 Å². The van der Waals surface area contributed by atoms with Crippen molar-refractivity contribution in [1.82, 2.24) is 9.78 Å². The largest absolute Gasteiger partial charge is 0.454 e. The number of aromatic nitrogens is 2. The zero-order valence-corrected chi connectivity index (χ0v) is 14.5. The molecule has 1 aromatic heterocycles. The van der Waals surface area contributed by atoms with Gasteiger partial charge in [-0.3, -0.25) is 0 Å². The third kappa shape index (κ3) is 3.17. The van der Waals surface area contributed by atoms with Gasteiger partial charge in [-0.2, -0.15) is 4.68 Å². The number of rotatable bonds is 3. The number of likely N-dealkylation sites (N-methyl/N-ethyl adjacent to an activating group) is 1. The summed E-state index contributed by atoms with van der Waals surface area (Å²) in [6, 6.07) is 5.66. The van der Waals surface area contributed by atoms with Gasteiger partial charge in [-0.25, -0.2) is 0 Å². The van der Waals surface area contributed by atoms with E-state index in [-0.39, 0.29) is 6.79 Å². The molecular formula is C16H22N4O3S+2. The van der Waals surface area contributed by atoms with Crippen LogP contribution in [0.5, 0.6) is 11.5 Å². The summed E-state index contributed by atoms with van der Waals surface area (Å²) in [4.78, 5) is 3.50. The van der Waals surface area contributed by atoms with E-state index in [2.05, 4.69) is 12.1 Å². The van der Waals surface area contributed by atoms with Crippen molar-refractivity contribution in [2.75, 3.05) is 40.0 Å². The lowest BCUT2D eigenvalue weighted by molar-refractivity contribution is -0.945. The highest BCUT2D eigenvalue weighted by molar-refractivity contribution is 7.71. The molecule has 0 spiro atoms. The molecule has 1 aromatic carbocycles. The smallest absolute Gasteiger partial charge is 0.292 e. The van der Waals surface area contributed by atoms with Crippen molar-refractivity contribution in [2.45, 2.75) is 13.1 Å². The van der Waals surface area contributed by atoms with E-state index >= 15 is 0 Å². The number of hydrogen-bond donors (Lipinski definition) is 2. The summed E-state index contributed by atoms with van der Waals surface area (Å²) >= 11 is 5.36. The third-order valence-corrected chi connectivity index (χ3v) is 4.93. The molecule has 2 atom stereocenters. The van der Waals surface area contributed by atoms with Crippen molar-refractivity contribution in [2.24, 2.45) is 0 Å². The first-order valence-electron chi connectivity index (χ1n) is 8.32. The number of ether oxygens (including phenoxy) is 2. The summed E-state index contributed by atoms with van der Waals surface area (Å²) in [7, 11) is 2.25. The Bertz CT molecular complexity index is 788. The Kier molecular flexibility index (Phi) is 4.26. The maximum absolute atomic E-state index is 5.71. The highest BCUT2D eigenvalue weighted by atomic mass is 32.1. The number of hydrogen-bond acceptors (Lipinski definition) is 5.